The third kappa shape index (κ3) is 4.68. The molecule has 4 heteroatoms. The summed E-state index contributed by atoms with van der Waals surface area (Å²) in [5, 5.41) is 13.0. The van der Waals surface area contributed by atoms with Crippen molar-refractivity contribution in [1.29, 1.82) is 0 Å². The SMILES string of the molecule is CCCCN(C(C)CC)C1CCCC(NCC)(C(=O)O)C1. The second kappa shape index (κ2) is 8.74. The van der Waals surface area contributed by atoms with Crippen LogP contribution in [0.2, 0.25) is 0 Å². The summed E-state index contributed by atoms with van der Waals surface area (Å²) in [5.41, 5.74) is -0.713. The van der Waals surface area contributed by atoms with Crippen LogP contribution in [-0.4, -0.2) is 46.7 Å². The lowest BCUT2D eigenvalue weighted by molar-refractivity contribution is -0.147. The molecule has 0 bridgehead atoms. The smallest absolute Gasteiger partial charge is 0.323 e. The van der Waals surface area contributed by atoms with Gasteiger partial charge in [0.25, 0.3) is 0 Å². The Morgan fingerprint density at radius 2 is 2.14 bits per heavy atom. The number of likely N-dealkylation sites (N-methyl/N-ethyl adjacent to an activating group) is 1. The van der Waals surface area contributed by atoms with Gasteiger partial charge in [-0.2, -0.15) is 0 Å². The number of carbonyl (C=O) groups is 1. The first-order chi connectivity index (χ1) is 10.0. The van der Waals surface area contributed by atoms with E-state index in [0.717, 1.165) is 45.2 Å². The molecule has 0 saturated heterocycles. The fraction of sp³-hybridized carbons (Fsp3) is 0.941. The second-order valence-corrected chi connectivity index (χ2v) is 6.52. The van der Waals surface area contributed by atoms with E-state index in [1.165, 1.54) is 12.8 Å². The van der Waals surface area contributed by atoms with Crippen molar-refractivity contribution in [1.82, 2.24) is 10.2 Å². The summed E-state index contributed by atoms with van der Waals surface area (Å²) in [6.45, 7) is 10.5. The monoisotopic (exact) mass is 298 g/mol. The van der Waals surface area contributed by atoms with Gasteiger partial charge < -0.3 is 10.4 Å². The number of carboxylic acid groups (broad SMARTS) is 1. The summed E-state index contributed by atoms with van der Waals surface area (Å²) < 4.78 is 0. The summed E-state index contributed by atoms with van der Waals surface area (Å²) in [4.78, 5) is 14.4. The number of unbranched alkanes of at least 4 members (excludes halogenated alkanes) is 1. The van der Waals surface area contributed by atoms with Crippen LogP contribution in [0.15, 0.2) is 0 Å². The minimum Gasteiger partial charge on any atom is -0.480 e. The molecular weight excluding hydrogens is 264 g/mol. The average molecular weight is 298 g/mol. The predicted molar refractivity (Wildman–Crippen MR) is 87.7 cm³/mol. The maximum atomic E-state index is 11.8. The van der Waals surface area contributed by atoms with Crippen LogP contribution in [0.1, 0.15) is 72.6 Å². The topological polar surface area (TPSA) is 52.6 Å². The normalized spacial score (nSPS) is 27.8. The van der Waals surface area contributed by atoms with Crippen LogP contribution < -0.4 is 5.32 Å². The van der Waals surface area contributed by atoms with Crippen molar-refractivity contribution in [2.24, 2.45) is 0 Å². The number of nitrogens with zero attached hydrogens (tertiary/aromatic N) is 1. The van der Waals surface area contributed by atoms with E-state index in [9.17, 15) is 9.90 Å². The van der Waals surface area contributed by atoms with Crippen molar-refractivity contribution in [2.45, 2.75) is 90.3 Å². The van der Waals surface area contributed by atoms with Gasteiger partial charge in [-0.15, -0.1) is 0 Å². The van der Waals surface area contributed by atoms with E-state index >= 15 is 0 Å². The van der Waals surface area contributed by atoms with Gasteiger partial charge in [0.05, 0.1) is 0 Å². The van der Waals surface area contributed by atoms with Crippen LogP contribution >= 0.6 is 0 Å². The highest BCUT2D eigenvalue weighted by atomic mass is 16.4. The molecule has 1 saturated carbocycles. The Hall–Kier alpha value is -0.610. The van der Waals surface area contributed by atoms with Gasteiger partial charge in [-0.05, 0) is 58.5 Å². The molecule has 0 aliphatic heterocycles. The Kier molecular flexibility index (Phi) is 7.67. The molecule has 124 valence electrons. The maximum absolute atomic E-state index is 11.8. The zero-order valence-corrected chi connectivity index (χ0v) is 14.3. The van der Waals surface area contributed by atoms with Gasteiger partial charge in [0.2, 0.25) is 0 Å². The van der Waals surface area contributed by atoms with E-state index in [4.69, 9.17) is 0 Å². The van der Waals surface area contributed by atoms with Gasteiger partial charge in [-0.1, -0.05) is 27.2 Å². The zero-order chi connectivity index (χ0) is 15.9. The Bertz CT molecular complexity index is 318. The second-order valence-electron chi connectivity index (χ2n) is 6.52. The van der Waals surface area contributed by atoms with Gasteiger partial charge in [0, 0.05) is 12.1 Å². The first-order valence-electron chi connectivity index (χ1n) is 8.74. The molecule has 1 aliphatic rings. The molecule has 2 N–H and O–H groups in total. The van der Waals surface area contributed by atoms with E-state index in [1.807, 2.05) is 6.92 Å². The van der Waals surface area contributed by atoms with Crippen molar-refractivity contribution in [3.63, 3.8) is 0 Å². The number of aliphatic carboxylic acids is 1. The van der Waals surface area contributed by atoms with E-state index in [2.05, 4.69) is 31.0 Å². The van der Waals surface area contributed by atoms with Crippen molar-refractivity contribution in [3.05, 3.63) is 0 Å². The molecule has 4 nitrogen and oxygen atoms in total. The number of carboxylic acids is 1. The van der Waals surface area contributed by atoms with E-state index in [1.54, 1.807) is 0 Å². The highest BCUT2D eigenvalue weighted by Gasteiger charge is 2.44. The Morgan fingerprint density at radius 3 is 2.67 bits per heavy atom. The summed E-state index contributed by atoms with van der Waals surface area (Å²) in [6.07, 6.45) is 7.15. The molecule has 0 spiro atoms. The molecule has 1 fully saturated rings. The standard InChI is InChI=1S/C17H34N2O2/c1-5-8-12-19(14(4)6-2)15-10-9-11-17(13-15,16(20)21)18-7-3/h14-15,18H,5-13H2,1-4H3,(H,20,21). The van der Waals surface area contributed by atoms with Gasteiger partial charge in [-0.25, -0.2) is 0 Å². The molecule has 21 heavy (non-hydrogen) atoms. The molecule has 3 atom stereocenters. The Morgan fingerprint density at radius 1 is 1.43 bits per heavy atom. The highest BCUT2D eigenvalue weighted by molar-refractivity contribution is 5.79. The van der Waals surface area contributed by atoms with Crippen LogP contribution in [0, 0.1) is 0 Å². The fourth-order valence-corrected chi connectivity index (χ4v) is 3.64. The van der Waals surface area contributed by atoms with Crippen LogP contribution in [0.5, 0.6) is 0 Å². The summed E-state index contributed by atoms with van der Waals surface area (Å²) in [6, 6.07) is 0.933. The highest BCUT2D eigenvalue weighted by Crippen LogP contribution is 2.33. The molecule has 0 aromatic carbocycles. The van der Waals surface area contributed by atoms with E-state index in [0.29, 0.717) is 12.1 Å². The zero-order valence-electron chi connectivity index (χ0n) is 14.3. The molecule has 0 aromatic rings. The van der Waals surface area contributed by atoms with E-state index in [-0.39, 0.29) is 0 Å². The van der Waals surface area contributed by atoms with Crippen molar-refractivity contribution < 1.29 is 9.90 Å². The molecule has 1 rings (SSSR count). The Balaban J connectivity index is 2.85. The summed E-state index contributed by atoms with van der Waals surface area (Å²) in [7, 11) is 0. The van der Waals surface area contributed by atoms with Gasteiger partial charge >= 0.3 is 5.97 Å². The largest absolute Gasteiger partial charge is 0.480 e. The minimum absolute atomic E-state index is 0.399. The lowest BCUT2D eigenvalue weighted by Gasteiger charge is -2.45. The summed E-state index contributed by atoms with van der Waals surface area (Å²) in [5.74, 6) is -0.673. The van der Waals surface area contributed by atoms with Crippen molar-refractivity contribution in [2.75, 3.05) is 13.1 Å². The number of hydrogen-bond acceptors (Lipinski definition) is 3. The summed E-state index contributed by atoms with van der Waals surface area (Å²) >= 11 is 0. The maximum Gasteiger partial charge on any atom is 0.323 e. The lowest BCUT2D eigenvalue weighted by Crippen LogP contribution is -2.59. The molecular formula is C17H34N2O2. The van der Waals surface area contributed by atoms with Gasteiger partial charge in [0.1, 0.15) is 5.54 Å². The van der Waals surface area contributed by atoms with E-state index < -0.39 is 11.5 Å². The fourth-order valence-electron chi connectivity index (χ4n) is 3.64. The van der Waals surface area contributed by atoms with Crippen molar-refractivity contribution >= 4 is 5.97 Å². The van der Waals surface area contributed by atoms with Crippen LogP contribution in [-0.2, 0) is 4.79 Å². The molecule has 0 heterocycles. The minimum atomic E-state index is -0.713. The number of rotatable bonds is 9. The van der Waals surface area contributed by atoms with Gasteiger partial charge in [-0.3, -0.25) is 9.69 Å². The Labute approximate surface area is 130 Å². The molecule has 0 radical (unpaired) electrons. The number of nitrogens with one attached hydrogen (secondary N) is 1. The molecule has 1 aliphatic carbocycles. The third-order valence-electron chi connectivity index (χ3n) is 5.05. The average Bonchev–Trinajstić information content (AvgIpc) is 2.47. The third-order valence-corrected chi connectivity index (χ3v) is 5.05. The molecule has 3 unspecified atom stereocenters. The molecule has 0 amide bonds. The lowest BCUT2D eigenvalue weighted by atomic mass is 9.77. The van der Waals surface area contributed by atoms with Crippen LogP contribution in [0.3, 0.4) is 0 Å². The number of hydrogen-bond donors (Lipinski definition) is 2. The van der Waals surface area contributed by atoms with Gasteiger partial charge in [0.15, 0.2) is 0 Å². The van der Waals surface area contributed by atoms with Crippen LogP contribution in [0.4, 0.5) is 0 Å². The van der Waals surface area contributed by atoms with Crippen molar-refractivity contribution in [3.8, 4) is 0 Å². The van der Waals surface area contributed by atoms with Crippen LogP contribution in [0.25, 0.3) is 0 Å². The predicted octanol–water partition coefficient (Wildman–Crippen LogP) is 3.26. The quantitative estimate of drug-likeness (QED) is 0.686. The molecule has 0 aromatic heterocycles. The first-order valence-corrected chi connectivity index (χ1v) is 8.74. The first kappa shape index (κ1) is 18.4.